The summed E-state index contributed by atoms with van der Waals surface area (Å²) in [4.78, 5) is 18.9. The number of nitriles is 1. The smallest absolute Gasteiger partial charge is 0.352 e. The van der Waals surface area contributed by atoms with Gasteiger partial charge in [0.25, 0.3) is 0 Å². The van der Waals surface area contributed by atoms with Crippen LogP contribution < -0.4 is 15.3 Å². The summed E-state index contributed by atoms with van der Waals surface area (Å²) < 4.78 is 20.9. The Kier molecular flexibility index (Phi) is 3.14. The number of fused-ring (bicyclic) bond motifs is 1. The zero-order valence-electron chi connectivity index (χ0n) is 14.1. The summed E-state index contributed by atoms with van der Waals surface area (Å²) in [6, 6.07) is 8.41. The largest absolute Gasteiger partial charge is 0.473 e. The van der Waals surface area contributed by atoms with Crippen LogP contribution in [0.25, 0.3) is 0 Å². The summed E-state index contributed by atoms with van der Waals surface area (Å²) in [5, 5.41) is 8.92. The summed E-state index contributed by atoms with van der Waals surface area (Å²) in [5.41, 5.74) is 0.436. The molecule has 2 fully saturated rings. The van der Waals surface area contributed by atoms with Gasteiger partial charge in [-0.15, -0.1) is 0 Å². The first kappa shape index (κ1) is 15.4. The van der Waals surface area contributed by atoms with Gasteiger partial charge in [-0.1, -0.05) is 6.07 Å². The number of hydrogen-bond acceptors (Lipinski definition) is 5. The van der Waals surface area contributed by atoms with E-state index in [1.165, 1.54) is 25.0 Å². The lowest BCUT2D eigenvalue weighted by molar-refractivity contribution is 0.291. The minimum atomic E-state index is -0.556. The third-order valence-corrected chi connectivity index (χ3v) is 5.97. The van der Waals surface area contributed by atoms with Gasteiger partial charge in [-0.25, -0.2) is 9.18 Å². The SMILES string of the molecule is N#Cc1cc(COc2cc3n(c(=O)n2)CC24CCC(CC2)N34)ccc1F. The number of aromatic nitrogens is 2. The Morgan fingerprint density at radius 3 is 2.92 bits per heavy atom. The number of anilines is 1. The van der Waals surface area contributed by atoms with E-state index in [0.717, 1.165) is 18.7 Å². The van der Waals surface area contributed by atoms with Gasteiger partial charge < -0.3 is 9.64 Å². The van der Waals surface area contributed by atoms with Gasteiger partial charge in [-0.05, 0) is 43.4 Å². The van der Waals surface area contributed by atoms with Gasteiger partial charge in [-0.3, -0.25) is 4.57 Å². The molecule has 1 aromatic heterocycles. The van der Waals surface area contributed by atoms with Gasteiger partial charge in [0.1, 0.15) is 24.3 Å². The zero-order chi connectivity index (χ0) is 17.9. The molecule has 0 radical (unpaired) electrons. The van der Waals surface area contributed by atoms with Gasteiger partial charge in [0, 0.05) is 12.1 Å². The first-order chi connectivity index (χ1) is 12.6. The molecule has 7 heteroatoms. The second-order valence-corrected chi connectivity index (χ2v) is 7.36. The van der Waals surface area contributed by atoms with E-state index in [1.807, 2.05) is 12.1 Å². The van der Waals surface area contributed by atoms with Gasteiger partial charge >= 0.3 is 5.69 Å². The number of halogens is 1. The van der Waals surface area contributed by atoms with Crippen molar-refractivity contribution in [3.8, 4) is 11.9 Å². The number of ether oxygens (including phenoxy) is 1. The molecule has 3 aliphatic rings. The van der Waals surface area contributed by atoms with E-state index in [2.05, 4.69) is 9.88 Å². The first-order valence-electron chi connectivity index (χ1n) is 8.82. The summed E-state index contributed by atoms with van der Waals surface area (Å²) in [7, 11) is 0. The molecule has 0 unspecified atom stereocenters. The highest BCUT2D eigenvalue weighted by atomic mass is 19.1. The van der Waals surface area contributed by atoms with E-state index in [-0.39, 0.29) is 29.3 Å². The molecule has 5 rings (SSSR count). The lowest BCUT2D eigenvalue weighted by Crippen LogP contribution is -2.38. The van der Waals surface area contributed by atoms with Crippen molar-refractivity contribution in [1.82, 2.24) is 9.55 Å². The zero-order valence-corrected chi connectivity index (χ0v) is 14.1. The second-order valence-electron chi connectivity index (χ2n) is 7.36. The number of rotatable bonds is 3. The van der Waals surface area contributed by atoms with Crippen molar-refractivity contribution in [3.63, 3.8) is 0 Å². The van der Waals surface area contributed by atoms with Crippen molar-refractivity contribution >= 4 is 5.82 Å². The first-order valence-corrected chi connectivity index (χ1v) is 8.82. The molecule has 6 nitrogen and oxygen atoms in total. The van der Waals surface area contributed by atoms with E-state index < -0.39 is 5.82 Å². The molecular weight excluding hydrogens is 335 g/mol. The quantitative estimate of drug-likeness (QED) is 0.848. The number of hydrogen-bond donors (Lipinski definition) is 0. The van der Waals surface area contributed by atoms with Crippen LogP contribution in [0.5, 0.6) is 5.88 Å². The van der Waals surface area contributed by atoms with Crippen LogP contribution in [0.4, 0.5) is 10.2 Å². The fourth-order valence-electron chi connectivity index (χ4n) is 4.79. The van der Waals surface area contributed by atoms with Crippen molar-refractivity contribution in [1.29, 1.82) is 5.26 Å². The van der Waals surface area contributed by atoms with E-state index >= 15 is 0 Å². The Morgan fingerprint density at radius 2 is 2.15 bits per heavy atom. The maximum atomic E-state index is 13.4. The molecule has 4 heterocycles. The lowest BCUT2D eigenvalue weighted by atomic mass is 9.88. The molecule has 0 N–H and O–H groups in total. The highest BCUT2D eigenvalue weighted by Crippen LogP contribution is 2.53. The molecule has 0 amide bonds. The van der Waals surface area contributed by atoms with Crippen molar-refractivity contribution in [2.45, 2.75) is 50.4 Å². The number of benzene rings is 1. The standard InChI is InChI=1S/C19H17FN4O2/c20-15-2-1-12(7-13(15)9-21)10-26-16-8-17-23(18(25)22-16)11-19-5-3-14(4-6-19)24(17)19/h1-2,7-8,14H,3-6,10-11H2. The fraction of sp³-hybridized carbons (Fsp3) is 0.421. The minimum Gasteiger partial charge on any atom is -0.473 e. The summed E-state index contributed by atoms with van der Waals surface area (Å²) in [6.45, 7) is 0.841. The Bertz CT molecular complexity index is 1000. The average molecular weight is 352 g/mol. The Labute approximate surface area is 149 Å². The van der Waals surface area contributed by atoms with E-state index in [1.54, 1.807) is 10.6 Å². The van der Waals surface area contributed by atoms with Gasteiger partial charge in [0.05, 0.1) is 17.6 Å². The lowest BCUT2D eigenvalue weighted by Gasteiger charge is -2.27. The molecule has 26 heavy (non-hydrogen) atoms. The van der Waals surface area contributed by atoms with Gasteiger partial charge in [-0.2, -0.15) is 10.2 Å². The number of nitrogens with zero attached hydrogens (tertiary/aromatic N) is 4. The Balaban J connectivity index is 1.42. The molecule has 2 aromatic rings. The minimum absolute atomic E-state index is 0.0244. The molecular formula is C19H17FN4O2. The monoisotopic (exact) mass is 352 g/mol. The van der Waals surface area contributed by atoms with Crippen molar-refractivity contribution in [2.75, 3.05) is 4.90 Å². The van der Waals surface area contributed by atoms with Crippen LogP contribution in [0.3, 0.4) is 0 Å². The summed E-state index contributed by atoms with van der Waals surface area (Å²) in [5.74, 6) is 0.615. The molecule has 2 bridgehead atoms. The van der Waals surface area contributed by atoms with Crippen LogP contribution in [0.1, 0.15) is 36.8 Å². The maximum absolute atomic E-state index is 13.4. The molecule has 1 aromatic carbocycles. The predicted octanol–water partition coefficient (Wildman–Crippen LogP) is 2.35. The van der Waals surface area contributed by atoms with Gasteiger partial charge in [0.15, 0.2) is 0 Å². The third-order valence-electron chi connectivity index (χ3n) is 5.97. The Morgan fingerprint density at radius 1 is 1.35 bits per heavy atom. The van der Waals surface area contributed by atoms with Crippen LogP contribution in [-0.4, -0.2) is 21.1 Å². The summed E-state index contributed by atoms with van der Waals surface area (Å²) >= 11 is 0. The molecule has 3 aliphatic heterocycles. The van der Waals surface area contributed by atoms with Crippen LogP contribution in [0.15, 0.2) is 29.1 Å². The molecule has 2 saturated heterocycles. The molecule has 0 spiro atoms. The topological polar surface area (TPSA) is 71.1 Å². The summed E-state index contributed by atoms with van der Waals surface area (Å²) in [6.07, 6.45) is 4.61. The van der Waals surface area contributed by atoms with E-state index in [0.29, 0.717) is 18.2 Å². The van der Waals surface area contributed by atoms with Crippen molar-refractivity contribution in [2.24, 2.45) is 0 Å². The molecule has 0 atom stereocenters. The molecule has 0 saturated carbocycles. The van der Waals surface area contributed by atoms with Crippen molar-refractivity contribution in [3.05, 3.63) is 51.7 Å². The predicted molar refractivity (Wildman–Crippen MR) is 91.4 cm³/mol. The maximum Gasteiger partial charge on any atom is 0.352 e. The average Bonchev–Trinajstić information content (AvgIpc) is 3.27. The second kappa shape index (κ2) is 5.31. The van der Waals surface area contributed by atoms with Crippen LogP contribution in [0.2, 0.25) is 0 Å². The molecule has 132 valence electrons. The molecule has 0 aliphatic carbocycles. The van der Waals surface area contributed by atoms with E-state index in [9.17, 15) is 9.18 Å². The van der Waals surface area contributed by atoms with Crippen LogP contribution in [-0.2, 0) is 13.2 Å². The van der Waals surface area contributed by atoms with Gasteiger partial charge in [0.2, 0.25) is 5.88 Å². The normalized spacial score (nSPS) is 25.1. The van der Waals surface area contributed by atoms with Crippen LogP contribution in [0, 0.1) is 17.1 Å². The Hall–Kier alpha value is -2.88. The van der Waals surface area contributed by atoms with Crippen LogP contribution >= 0.6 is 0 Å². The highest BCUT2D eigenvalue weighted by molar-refractivity contribution is 5.54. The van der Waals surface area contributed by atoms with E-state index in [4.69, 9.17) is 10.00 Å². The fourth-order valence-corrected chi connectivity index (χ4v) is 4.79. The highest BCUT2D eigenvalue weighted by Gasteiger charge is 2.56. The van der Waals surface area contributed by atoms with Crippen molar-refractivity contribution < 1.29 is 9.13 Å². The third kappa shape index (κ3) is 2.08.